The highest BCUT2D eigenvalue weighted by Gasteiger charge is 2.33. The number of rotatable bonds is 4. The van der Waals surface area contributed by atoms with Crippen LogP contribution in [0.1, 0.15) is 19.3 Å². The molecule has 0 amide bonds. The number of allylic oxidation sites excluding steroid dienone is 4. The Kier molecular flexibility index (Phi) is 3.85. The van der Waals surface area contributed by atoms with Crippen LogP contribution in [-0.2, 0) is 9.59 Å². The zero-order chi connectivity index (χ0) is 15.7. The van der Waals surface area contributed by atoms with Crippen molar-refractivity contribution in [2.24, 2.45) is 11.5 Å². The van der Waals surface area contributed by atoms with Crippen LogP contribution in [0.25, 0.3) is 0 Å². The molecule has 0 fully saturated rings. The molecule has 6 heteroatoms. The third-order valence-corrected chi connectivity index (χ3v) is 3.80. The average Bonchev–Trinajstić information content (AvgIpc) is 2.44. The first-order chi connectivity index (χ1) is 9.75. The summed E-state index contributed by atoms with van der Waals surface area (Å²) < 4.78 is 0. The summed E-state index contributed by atoms with van der Waals surface area (Å²) in [6.45, 7) is 0. The molecule has 2 rings (SSSR count). The summed E-state index contributed by atoms with van der Waals surface area (Å²) in [5.74, 6) is -2.11. The Bertz CT molecular complexity index is 551. The average molecular weight is 290 g/mol. The molecule has 0 aromatic heterocycles. The molecule has 21 heavy (non-hydrogen) atoms. The van der Waals surface area contributed by atoms with Crippen molar-refractivity contribution in [2.45, 2.75) is 30.3 Å². The standard InChI is InChI=1S/C15H18N2O4/c16-14(12(18)19)5-1-10(2-6-14)9-11-3-7-15(17,8-4-11)13(20)21/h1-5,7H,6,8-9,16-17H2,(H,18,19)(H,20,21). The number of nitrogens with two attached hydrogens (primary N) is 2. The summed E-state index contributed by atoms with van der Waals surface area (Å²) in [6, 6.07) is 0. The molecule has 0 heterocycles. The van der Waals surface area contributed by atoms with Crippen molar-refractivity contribution in [2.75, 3.05) is 0 Å². The van der Waals surface area contributed by atoms with Crippen molar-refractivity contribution in [3.05, 3.63) is 47.6 Å². The Morgan fingerprint density at radius 3 is 1.57 bits per heavy atom. The van der Waals surface area contributed by atoms with Gasteiger partial charge in [0.25, 0.3) is 0 Å². The molecule has 0 radical (unpaired) electrons. The molecule has 0 spiro atoms. The monoisotopic (exact) mass is 290 g/mol. The van der Waals surface area contributed by atoms with Gasteiger partial charge in [-0.3, -0.25) is 0 Å². The van der Waals surface area contributed by atoms with Crippen molar-refractivity contribution in [1.82, 2.24) is 0 Å². The van der Waals surface area contributed by atoms with E-state index in [4.69, 9.17) is 21.7 Å². The lowest BCUT2D eigenvalue weighted by atomic mass is 9.85. The quantitative estimate of drug-likeness (QED) is 0.604. The van der Waals surface area contributed by atoms with E-state index in [9.17, 15) is 9.59 Å². The third kappa shape index (κ3) is 3.12. The van der Waals surface area contributed by atoms with Crippen molar-refractivity contribution in [1.29, 1.82) is 0 Å². The van der Waals surface area contributed by atoms with Crippen molar-refractivity contribution in [3.8, 4) is 0 Å². The number of aliphatic carboxylic acids is 2. The van der Waals surface area contributed by atoms with Crippen LogP contribution < -0.4 is 11.5 Å². The van der Waals surface area contributed by atoms with E-state index in [1.54, 1.807) is 24.3 Å². The van der Waals surface area contributed by atoms with Crippen molar-refractivity contribution in [3.63, 3.8) is 0 Å². The lowest BCUT2D eigenvalue weighted by Crippen LogP contribution is -2.46. The molecular formula is C15H18N2O4. The van der Waals surface area contributed by atoms with Crippen LogP contribution in [0.3, 0.4) is 0 Å². The molecule has 0 bridgehead atoms. The number of hydrogen-bond donors (Lipinski definition) is 4. The second-order valence-corrected chi connectivity index (χ2v) is 5.50. The van der Waals surface area contributed by atoms with Crippen LogP contribution in [0.15, 0.2) is 47.6 Å². The van der Waals surface area contributed by atoms with Gasteiger partial charge < -0.3 is 21.7 Å². The molecule has 6 N–H and O–H groups in total. The SMILES string of the molecule is NC1(C(=O)O)C=CC(CC2=CCC(N)(C(=O)O)C=C2)=CC1. The summed E-state index contributed by atoms with van der Waals surface area (Å²) >= 11 is 0. The summed E-state index contributed by atoms with van der Waals surface area (Å²) in [4.78, 5) is 22.0. The van der Waals surface area contributed by atoms with Gasteiger partial charge in [0, 0.05) is 0 Å². The van der Waals surface area contributed by atoms with Gasteiger partial charge in [-0.25, -0.2) is 9.59 Å². The van der Waals surface area contributed by atoms with Crippen LogP contribution in [0.5, 0.6) is 0 Å². The van der Waals surface area contributed by atoms with E-state index >= 15 is 0 Å². The van der Waals surface area contributed by atoms with Gasteiger partial charge in [-0.1, -0.05) is 36.5 Å². The number of carboxylic acid groups (broad SMARTS) is 2. The summed E-state index contributed by atoms with van der Waals surface area (Å²) in [5, 5.41) is 18.0. The topological polar surface area (TPSA) is 127 Å². The zero-order valence-corrected chi connectivity index (χ0v) is 11.5. The summed E-state index contributed by atoms with van der Waals surface area (Å²) in [5.41, 5.74) is 10.7. The summed E-state index contributed by atoms with van der Waals surface area (Å²) in [6.07, 6.45) is 11.0. The van der Waals surface area contributed by atoms with Crippen LogP contribution in [0.2, 0.25) is 0 Å². The van der Waals surface area contributed by atoms with Gasteiger partial charge in [-0.05, 0) is 30.4 Å². The lowest BCUT2D eigenvalue weighted by molar-refractivity contribution is -0.142. The molecule has 2 aliphatic carbocycles. The van der Waals surface area contributed by atoms with E-state index in [1.165, 1.54) is 12.2 Å². The molecule has 0 saturated carbocycles. The predicted octanol–water partition coefficient (Wildman–Crippen LogP) is 0.713. The van der Waals surface area contributed by atoms with Crippen molar-refractivity contribution >= 4 is 11.9 Å². The minimum Gasteiger partial charge on any atom is -0.480 e. The molecule has 0 aromatic rings. The minimum absolute atomic E-state index is 0.237. The largest absolute Gasteiger partial charge is 0.480 e. The smallest absolute Gasteiger partial charge is 0.328 e. The van der Waals surface area contributed by atoms with E-state index in [1.807, 2.05) is 0 Å². The van der Waals surface area contributed by atoms with Gasteiger partial charge in [-0.2, -0.15) is 0 Å². The molecule has 6 nitrogen and oxygen atoms in total. The van der Waals surface area contributed by atoms with E-state index in [2.05, 4.69) is 0 Å². The molecule has 2 unspecified atom stereocenters. The Labute approximate surface area is 122 Å². The van der Waals surface area contributed by atoms with E-state index in [0.717, 1.165) is 11.1 Å². The van der Waals surface area contributed by atoms with Gasteiger partial charge in [0.1, 0.15) is 11.1 Å². The van der Waals surface area contributed by atoms with Gasteiger partial charge in [0.15, 0.2) is 0 Å². The molecule has 0 aromatic carbocycles. The Hall–Kier alpha value is -2.18. The Morgan fingerprint density at radius 2 is 1.33 bits per heavy atom. The Morgan fingerprint density at radius 1 is 0.952 bits per heavy atom. The van der Waals surface area contributed by atoms with Crippen LogP contribution in [0, 0.1) is 0 Å². The highest BCUT2D eigenvalue weighted by Crippen LogP contribution is 2.27. The third-order valence-electron chi connectivity index (χ3n) is 3.80. The fraction of sp³-hybridized carbons (Fsp3) is 0.333. The second-order valence-electron chi connectivity index (χ2n) is 5.50. The molecule has 0 aliphatic heterocycles. The second kappa shape index (κ2) is 5.31. The van der Waals surface area contributed by atoms with Gasteiger partial charge in [-0.15, -0.1) is 0 Å². The predicted molar refractivity (Wildman–Crippen MR) is 77.4 cm³/mol. The zero-order valence-electron chi connectivity index (χ0n) is 11.5. The maximum absolute atomic E-state index is 11.0. The van der Waals surface area contributed by atoms with E-state index in [0.29, 0.717) is 6.42 Å². The van der Waals surface area contributed by atoms with Gasteiger partial charge >= 0.3 is 11.9 Å². The Balaban J connectivity index is 2.00. The van der Waals surface area contributed by atoms with Crippen LogP contribution >= 0.6 is 0 Å². The lowest BCUT2D eigenvalue weighted by Gasteiger charge is -2.25. The highest BCUT2D eigenvalue weighted by atomic mass is 16.4. The normalized spacial score (nSPS) is 31.5. The maximum atomic E-state index is 11.0. The van der Waals surface area contributed by atoms with Gasteiger partial charge in [0.05, 0.1) is 0 Å². The number of carbonyl (C=O) groups is 2. The first-order valence-electron chi connectivity index (χ1n) is 6.56. The number of hydrogen-bond acceptors (Lipinski definition) is 4. The fourth-order valence-corrected chi connectivity index (χ4v) is 2.20. The van der Waals surface area contributed by atoms with E-state index in [-0.39, 0.29) is 12.8 Å². The first kappa shape index (κ1) is 15.2. The maximum Gasteiger partial charge on any atom is 0.328 e. The molecule has 2 atom stereocenters. The fourth-order valence-electron chi connectivity index (χ4n) is 2.20. The molecule has 0 saturated heterocycles. The molecular weight excluding hydrogens is 272 g/mol. The molecule has 2 aliphatic rings. The summed E-state index contributed by atoms with van der Waals surface area (Å²) in [7, 11) is 0. The van der Waals surface area contributed by atoms with E-state index < -0.39 is 23.0 Å². The highest BCUT2D eigenvalue weighted by molar-refractivity contribution is 5.83. The first-order valence-corrected chi connectivity index (χ1v) is 6.56. The molecule has 112 valence electrons. The van der Waals surface area contributed by atoms with Crippen LogP contribution in [0.4, 0.5) is 0 Å². The van der Waals surface area contributed by atoms with Crippen molar-refractivity contribution < 1.29 is 19.8 Å². The van der Waals surface area contributed by atoms with Crippen LogP contribution in [-0.4, -0.2) is 33.2 Å². The number of carboxylic acids is 2. The minimum atomic E-state index is -1.34. The van der Waals surface area contributed by atoms with Gasteiger partial charge in [0.2, 0.25) is 0 Å².